The van der Waals surface area contributed by atoms with Gasteiger partial charge in [-0.1, -0.05) is 60.7 Å². The van der Waals surface area contributed by atoms with Crippen molar-refractivity contribution in [2.45, 2.75) is 24.7 Å². The molecule has 0 N–H and O–H groups in total. The molecule has 0 amide bonds. The highest BCUT2D eigenvalue weighted by Crippen LogP contribution is 2.54. The number of hydrogen-bond donors (Lipinski definition) is 0. The van der Waals surface area contributed by atoms with Crippen LogP contribution in [0.3, 0.4) is 0 Å². The molecule has 1 aliphatic carbocycles. The molecule has 2 aromatic carbocycles. The van der Waals surface area contributed by atoms with Gasteiger partial charge in [0.15, 0.2) is 5.41 Å². The van der Waals surface area contributed by atoms with Gasteiger partial charge in [0.05, 0.1) is 13.2 Å². The first kappa shape index (κ1) is 16.9. The van der Waals surface area contributed by atoms with Crippen LogP contribution in [0.1, 0.15) is 35.8 Å². The molecule has 1 fully saturated rings. The summed E-state index contributed by atoms with van der Waals surface area (Å²) in [5.41, 5.74) is 0.192. The van der Waals surface area contributed by atoms with Gasteiger partial charge in [-0.2, -0.15) is 5.26 Å². The maximum atomic E-state index is 12.8. The van der Waals surface area contributed by atoms with Crippen LogP contribution in [0.25, 0.3) is 0 Å². The number of nitriles is 1. The predicted molar refractivity (Wildman–Crippen MR) is 92.7 cm³/mol. The Morgan fingerprint density at radius 1 is 1.00 bits per heavy atom. The van der Waals surface area contributed by atoms with Crippen LogP contribution in [-0.4, -0.2) is 18.9 Å². The molecule has 0 bridgehead atoms. The van der Waals surface area contributed by atoms with E-state index in [0.717, 1.165) is 11.1 Å². The first-order valence-electron chi connectivity index (χ1n) is 8.24. The second-order valence-electron chi connectivity index (χ2n) is 6.35. The van der Waals surface area contributed by atoms with E-state index in [1.807, 2.05) is 60.7 Å². The molecule has 0 saturated heterocycles. The van der Waals surface area contributed by atoms with Gasteiger partial charge < -0.3 is 4.74 Å². The molecule has 25 heavy (non-hydrogen) atoms. The highest BCUT2D eigenvalue weighted by atomic mass is 16.5. The van der Waals surface area contributed by atoms with Gasteiger partial charge in [-0.05, 0) is 11.1 Å². The van der Waals surface area contributed by atoms with E-state index < -0.39 is 23.2 Å². The third-order valence-corrected chi connectivity index (χ3v) is 5.07. The van der Waals surface area contributed by atoms with Crippen molar-refractivity contribution < 1.29 is 14.3 Å². The van der Waals surface area contributed by atoms with Crippen molar-refractivity contribution in [3.63, 3.8) is 0 Å². The third-order valence-electron chi connectivity index (χ3n) is 5.07. The fourth-order valence-corrected chi connectivity index (χ4v) is 3.89. The smallest absolute Gasteiger partial charge is 0.327 e. The molecular weight excluding hydrogens is 314 g/mol. The minimum absolute atomic E-state index is 0.0532. The third kappa shape index (κ3) is 2.83. The summed E-state index contributed by atoms with van der Waals surface area (Å²) in [6.07, 6.45) is 0.325. The molecule has 1 saturated carbocycles. The summed E-state index contributed by atoms with van der Waals surface area (Å²) >= 11 is 0. The van der Waals surface area contributed by atoms with Gasteiger partial charge in [-0.3, -0.25) is 9.59 Å². The van der Waals surface area contributed by atoms with Gasteiger partial charge in [0.25, 0.3) is 0 Å². The summed E-state index contributed by atoms with van der Waals surface area (Å²) in [5.74, 6) is -1.59. The quantitative estimate of drug-likeness (QED) is 0.805. The molecule has 1 aliphatic rings. The second-order valence-corrected chi connectivity index (χ2v) is 6.35. The second kappa shape index (κ2) is 6.90. The number of hydrogen-bond acceptors (Lipinski definition) is 4. The Morgan fingerprint density at radius 3 is 1.80 bits per heavy atom. The van der Waals surface area contributed by atoms with Crippen LogP contribution < -0.4 is 0 Å². The van der Waals surface area contributed by atoms with E-state index in [0.29, 0.717) is 0 Å². The minimum atomic E-state index is -1.43. The molecule has 2 aromatic rings. The maximum absolute atomic E-state index is 12.8. The van der Waals surface area contributed by atoms with Crippen LogP contribution in [0.15, 0.2) is 60.7 Å². The van der Waals surface area contributed by atoms with Crippen LogP contribution in [0.4, 0.5) is 0 Å². The molecule has 2 unspecified atom stereocenters. The SMILES string of the molecule is COC(=O)C1(C#N)C(c2ccccc2)CC(=O)CC1c1ccccc1. The highest BCUT2D eigenvalue weighted by Gasteiger charge is 2.58. The van der Waals surface area contributed by atoms with Crippen molar-refractivity contribution in [2.75, 3.05) is 7.11 Å². The fourth-order valence-electron chi connectivity index (χ4n) is 3.89. The van der Waals surface area contributed by atoms with E-state index in [1.165, 1.54) is 7.11 Å². The maximum Gasteiger partial charge on any atom is 0.327 e. The average molecular weight is 333 g/mol. The number of esters is 1. The Labute approximate surface area is 147 Å². The number of nitrogens with zero attached hydrogens (tertiary/aromatic N) is 1. The fraction of sp³-hybridized carbons (Fsp3) is 0.286. The van der Waals surface area contributed by atoms with Crippen LogP contribution in [-0.2, 0) is 14.3 Å². The minimum Gasteiger partial charge on any atom is -0.468 e. The number of ketones is 1. The van der Waals surface area contributed by atoms with E-state index >= 15 is 0 Å². The van der Waals surface area contributed by atoms with E-state index in [9.17, 15) is 14.9 Å². The lowest BCUT2D eigenvalue weighted by molar-refractivity contribution is -0.154. The van der Waals surface area contributed by atoms with E-state index in [4.69, 9.17) is 4.74 Å². The number of rotatable bonds is 3. The van der Waals surface area contributed by atoms with Crippen LogP contribution in [0.2, 0.25) is 0 Å². The lowest BCUT2D eigenvalue weighted by atomic mass is 9.56. The van der Waals surface area contributed by atoms with Crippen molar-refractivity contribution in [1.82, 2.24) is 0 Å². The van der Waals surface area contributed by atoms with Gasteiger partial charge in [0.2, 0.25) is 0 Å². The zero-order valence-corrected chi connectivity index (χ0v) is 14.0. The molecule has 0 aromatic heterocycles. The standard InChI is InChI=1S/C21H19NO3/c1-25-20(24)21(14-22)18(15-8-4-2-5-9-15)12-17(23)13-19(21)16-10-6-3-7-11-16/h2-11,18-19H,12-13H2,1H3. The van der Waals surface area contributed by atoms with Gasteiger partial charge >= 0.3 is 5.97 Å². The monoisotopic (exact) mass is 333 g/mol. The molecule has 4 nitrogen and oxygen atoms in total. The number of methoxy groups -OCH3 is 1. The van der Waals surface area contributed by atoms with Crippen molar-refractivity contribution in [3.05, 3.63) is 71.8 Å². The predicted octanol–water partition coefficient (Wildman–Crippen LogP) is 3.60. The van der Waals surface area contributed by atoms with Crippen LogP contribution in [0.5, 0.6) is 0 Å². The lowest BCUT2D eigenvalue weighted by Crippen LogP contribution is -2.47. The summed E-state index contributed by atoms with van der Waals surface area (Å²) in [6, 6.07) is 20.9. The molecule has 0 radical (unpaired) electrons. The number of ether oxygens (including phenoxy) is 1. The Hall–Kier alpha value is -2.93. The number of benzene rings is 2. The van der Waals surface area contributed by atoms with Crippen LogP contribution >= 0.6 is 0 Å². The van der Waals surface area contributed by atoms with E-state index in [-0.39, 0.29) is 18.6 Å². The molecule has 0 aliphatic heterocycles. The number of Topliss-reactive ketones (excluding diaryl/α,β-unsaturated/α-hetero) is 1. The zero-order valence-electron chi connectivity index (χ0n) is 14.0. The lowest BCUT2D eigenvalue weighted by Gasteiger charge is -2.42. The number of carbonyl (C=O) groups is 2. The molecule has 3 rings (SSSR count). The summed E-state index contributed by atoms with van der Waals surface area (Å²) in [7, 11) is 1.29. The Kier molecular flexibility index (Phi) is 4.67. The summed E-state index contributed by atoms with van der Waals surface area (Å²) in [5, 5.41) is 10.1. The first-order chi connectivity index (χ1) is 12.1. The highest BCUT2D eigenvalue weighted by molar-refractivity contribution is 5.90. The van der Waals surface area contributed by atoms with Crippen molar-refractivity contribution in [1.29, 1.82) is 5.26 Å². The van der Waals surface area contributed by atoms with Crippen LogP contribution in [0, 0.1) is 16.7 Å². The largest absolute Gasteiger partial charge is 0.468 e. The molecule has 2 atom stereocenters. The van der Waals surface area contributed by atoms with Crippen molar-refractivity contribution in [2.24, 2.45) is 5.41 Å². The van der Waals surface area contributed by atoms with E-state index in [2.05, 4.69) is 6.07 Å². The molecule has 126 valence electrons. The molecular formula is C21H19NO3. The Balaban J connectivity index is 2.21. The van der Waals surface area contributed by atoms with Gasteiger partial charge in [0, 0.05) is 24.7 Å². The first-order valence-corrected chi connectivity index (χ1v) is 8.24. The van der Waals surface area contributed by atoms with Gasteiger partial charge in [-0.25, -0.2) is 0 Å². The Bertz CT molecular complexity index is 757. The topological polar surface area (TPSA) is 67.2 Å². The summed E-state index contributed by atoms with van der Waals surface area (Å²) < 4.78 is 5.05. The van der Waals surface area contributed by atoms with E-state index in [1.54, 1.807) is 0 Å². The Morgan fingerprint density at radius 2 is 1.44 bits per heavy atom. The van der Waals surface area contributed by atoms with Gasteiger partial charge in [0.1, 0.15) is 5.78 Å². The number of carbonyl (C=O) groups excluding carboxylic acids is 2. The average Bonchev–Trinajstić information content (AvgIpc) is 2.68. The van der Waals surface area contributed by atoms with Gasteiger partial charge in [-0.15, -0.1) is 0 Å². The zero-order chi connectivity index (χ0) is 17.9. The molecule has 4 heteroatoms. The summed E-state index contributed by atoms with van der Waals surface area (Å²) in [6.45, 7) is 0. The molecule has 0 spiro atoms. The van der Waals surface area contributed by atoms with Crippen molar-refractivity contribution in [3.8, 4) is 6.07 Å². The van der Waals surface area contributed by atoms with Crippen molar-refractivity contribution >= 4 is 11.8 Å². The normalized spacial score (nSPS) is 25.8. The molecule has 0 heterocycles. The summed E-state index contributed by atoms with van der Waals surface area (Å²) in [4.78, 5) is 25.3.